The molecule has 0 aliphatic carbocycles. The number of rotatable bonds is 6. The van der Waals surface area contributed by atoms with Gasteiger partial charge < -0.3 is 15.4 Å². The van der Waals surface area contributed by atoms with Gasteiger partial charge in [0.1, 0.15) is 6.07 Å². The van der Waals surface area contributed by atoms with E-state index < -0.39 is 0 Å². The van der Waals surface area contributed by atoms with Crippen molar-refractivity contribution in [2.24, 2.45) is 5.73 Å². The van der Waals surface area contributed by atoms with Crippen molar-refractivity contribution in [3.05, 3.63) is 29.3 Å². The summed E-state index contributed by atoms with van der Waals surface area (Å²) < 4.78 is 5.30. The third kappa shape index (κ3) is 3.74. The fourth-order valence-electron chi connectivity index (χ4n) is 1.60. The molecule has 0 unspecified atom stereocenters. The summed E-state index contributed by atoms with van der Waals surface area (Å²) in [7, 11) is 1.96. The molecule has 0 aromatic heterocycles. The maximum absolute atomic E-state index is 9.11. The van der Waals surface area contributed by atoms with Crippen molar-refractivity contribution in [3.8, 4) is 6.07 Å². The van der Waals surface area contributed by atoms with Crippen molar-refractivity contribution in [3.63, 3.8) is 0 Å². The van der Waals surface area contributed by atoms with E-state index in [-0.39, 0.29) is 0 Å². The van der Waals surface area contributed by atoms with Gasteiger partial charge in [0.05, 0.1) is 17.9 Å². The second-order valence-corrected chi connectivity index (χ2v) is 3.79. The molecule has 0 heterocycles. The molecule has 0 saturated heterocycles. The maximum atomic E-state index is 9.11. The average Bonchev–Trinajstić information content (AvgIpc) is 2.38. The second kappa shape index (κ2) is 6.89. The molecule has 0 saturated carbocycles. The molecule has 4 nitrogen and oxygen atoms in total. The van der Waals surface area contributed by atoms with E-state index in [2.05, 4.69) is 6.07 Å². The lowest BCUT2D eigenvalue weighted by Crippen LogP contribution is -2.23. The van der Waals surface area contributed by atoms with Crippen LogP contribution in [0.3, 0.4) is 0 Å². The summed E-state index contributed by atoms with van der Waals surface area (Å²) in [6, 6.07) is 7.93. The molecule has 4 heteroatoms. The fraction of sp³-hybridized carbons (Fsp3) is 0.462. The largest absolute Gasteiger partial charge is 0.380 e. The number of ether oxygens (including phenoxy) is 1. The lowest BCUT2D eigenvalue weighted by molar-refractivity contribution is 0.154. The van der Waals surface area contributed by atoms with Crippen LogP contribution in [0.15, 0.2) is 18.2 Å². The molecule has 1 rings (SSSR count). The Morgan fingerprint density at radius 1 is 1.47 bits per heavy atom. The highest BCUT2D eigenvalue weighted by Gasteiger charge is 2.07. The van der Waals surface area contributed by atoms with Crippen LogP contribution in [0.2, 0.25) is 0 Å². The van der Waals surface area contributed by atoms with Gasteiger partial charge in [0.25, 0.3) is 0 Å². The SMILES string of the molecule is CCOCCN(C)c1ccc(CN)cc1C#N. The number of anilines is 1. The predicted octanol–water partition coefficient (Wildman–Crippen LogP) is 1.49. The van der Waals surface area contributed by atoms with Crippen LogP contribution in [0, 0.1) is 11.3 Å². The molecule has 0 bridgehead atoms. The summed E-state index contributed by atoms with van der Waals surface area (Å²) in [5.41, 5.74) is 8.11. The Balaban J connectivity index is 2.79. The second-order valence-electron chi connectivity index (χ2n) is 3.79. The number of benzene rings is 1. The zero-order valence-electron chi connectivity index (χ0n) is 10.4. The Morgan fingerprint density at radius 2 is 2.24 bits per heavy atom. The van der Waals surface area contributed by atoms with Crippen LogP contribution < -0.4 is 10.6 Å². The van der Waals surface area contributed by atoms with Gasteiger partial charge in [-0.15, -0.1) is 0 Å². The topological polar surface area (TPSA) is 62.3 Å². The van der Waals surface area contributed by atoms with Crippen LogP contribution in [0.25, 0.3) is 0 Å². The van der Waals surface area contributed by atoms with Crippen molar-refractivity contribution in [2.45, 2.75) is 13.5 Å². The molecule has 0 atom stereocenters. The average molecular weight is 233 g/mol. The quantitative estimate of drug-likeness (QED) is 0.756. The Labute approximate surface area is 103 Å². The summed E-state index contributed by atoms with van der Waals surface area (Å²) in [6.07, 6.45) is 0. The predicted molar refractivity (Wildman–Crippen MR) is 68.8 cm³/mol. The summed E-state index contributed by atoms with van der Waals surface area (Å²) in [5, 5.41) is 9.11. The van der Waals surface area contributed by atoms with Gasteiger partial charge in [0.2, 0.25) is 0 Å². The van der Waals surface area contributed by atoms with E-state index in [1.165, 1.54) is 0 Å². The van der Waals surface area contributed by atoms with E-state index in [0.717, 1.165) is 17.8 Å². The zero-order valence-corrected chi connectivity index (χ0v) is 10.4. The normalized spacial score (nSPS) is 10.0. The Hall–Kier alpha value is -1.57. The van der Waals surface area contributed by atoms with E-state index in [0.29, 0.717) is 25.3 Å². The highest BCUT2D eigenvalue weighted by molar-refractivity contribution is 5.60. The van der Waals surface area contributed by atoms with Gasteiger partial charge in [0.15, 0.2) is 0 Å². The van der Waals surface area contributed by atoms with Gasteiger partial charge in [0, 0.05) is 26.7 Å². The molecule has 0 aliphatic heterocycles. The van der Waals surface area contributed by atoms with Crippen molar-refractivity contribution in [1.82, 2.24) is 0 Å². The first-order valence-electron chi connectivity index (χ1n) is 5.74. The molecular weight excluding hydrogens is 214 g/mol. The Bertz CT molecular complexity index is 398. The van der Waals surface area contributed by atoms with E-state index in [9.17, 15) is 0 Å². The molecule has 92 valence electrons. The fourth-order valence-corrected chi connectivity index (χ4v) is 1.60. The molecule has 0 amide bonds. The molecule has 0 fully saturated rings. The van der Waals surface area contributed by atoms with Crippen molar-refractivity contribution < 1.29 is 4.74 Å². The number of likely N-dealkylation sites (N-methyl/N-ethyl adjacent to an activating group) is 1. The molecule has 2 N–H and O–H groups in total. The number of nitriles is 1. The van der Waals surface area contributed by atoms with Crippen LogP contribution in [0.1, 0.15) is 18.1 Å². The lowest BCUT2D eigenvalue weighted by atomic mass is 10.1. The van der Waals surface area contributed by atoms with E-state index in [1.807, 2.05) is 37.1 Å². The summed E-state index contributed by atoms with van der Waals surface area (Å²) >= 11 is 0. The minimum Gasteiger partial charge on any atom is -0.380 e. The lowest BCUT2D eigenvalue weighted by Gasteiger charge is -2.20. The third-order valence-electron chi connectivity index (χ3n) is 2.60. The van der Waals surface area contributed by atoms with Crippen molar-refractivity contribution in [2.75, 3.05) is 31.7 Å². The highest BCUT2D eigenvalue weighted by Crippen LogP contribution is 2.20. The van der Waals surface area contributed by atoms with Crippen LogP contribution in [-0.2, 0) is 11.3 Å². The van der Waals surface area contributed by atoms with E-state index in [1.54, 1.807) is 0 Å². The highest BCUT2D eigenvalue weighted by atomic mass is 16.5. The first-order valence-corrected chi connectivity index (χ1v) is 5.74. The molecular formula is C13H19N3O. The monoisotopic (exact) mass is 233 g/mol. The smallest absolute Gasteiger partial charge is 0.101 e. The molecule has 0 aliphatic rings. The molecule has 0 radical (unpaired) electrons. The van der Waals surface area contributed by atoms with Crippen molar-refractivity contribution >= 4 is 5.69 Å². The molecule has 1 aromatic rings. The number of nitrogens with zero attached hydrogens (tertiary/aromatic N) is 2. The summed E-state index contributed by atoms with van der Waals surface area (Å²) in [6.45, 7) is 4.57. The maximum Gasteiger partial charge on any atom is 0.101 e. The Kier molecular flexibility index (Phi) is 5.47. The minimum atomic E-state index is 0.456. The van der Waals surface area contributed by atoms with Gasteiger partial charge in [-0.2, -0.15) is 5.26 Å². The van der Waals surface area contributed by atoms with Crippen LogP contribution in [0.5, 0.6) is 0 Å². The van der Waals surface area contributed by atoms with E-state index >= 15 is 0 Å². The van der Waals surface area contributed by atoms with Gasteiger partial charge in [-0.1, -0.05) is 6.07 Å². The van der Waals surface area contributed by atoms with Gasteiger partial charge in [-0.25, -0.2) is 0 Å². The molecule has 1 aromatic carbocycles. The number of hydrogen-bond acceptors (Lipinski definition) is 4. The summed E-state index contributed by atoms with van der Waals surface area (Å²) in [5.74, 6) is 0. The molecule has 17 heavy (non-hydrogen) atoms. The zero-order chi connectivity index (χ0) is 12.7. The number of nitrogens with two attached hydrogens (primary N) is 1. The van der Waals surface area contributed by atoms with E-state index in [4.69, 9.17) is 15.7 Å². The number of hydrogen-bond donors (Lipinski definition) is 1. The van der Waals surface area contributed by atoms with Crippen molar-refractivity contribution in [1.29, 1.82) is 5.26 Å². The van der Waals surface area contributed by atoms with Gasteiger partial charge in [-0.05, 0) is 24.6 Å². The van der Waals surface area contributed by atoms with Gasteiger partial charge in [-0.3, -0.25) is 0 Å². The first kappa shape index (κ1) is 13.5. The minimum absolute atomic E-state index is 0.456. The Morgan fingerprint density at radius 3 is 2.82 bits per heavy atom. The van der Waals surface area contributed by atoms with Crippen LogP contribution >= 0.6 is 0 Å². The molecule has 0 spiro atoms. The van der Waals surface area contributed by atoms with Crippen LogP contribution in [0.4, 0.5) is 5.69 Å². The van der Waals surface area contributed by atoms with Gasteiger partial charge >= 0.3 is 0 Å². The third-order valence-corrected chi connectivity index (χ3v) is 2.60. The van der Waals surface area contributed by atoms with Crippen LogP contribution in [-0.4, -0.2) is 26.8 Å². The summed E-state index contributed by atoms with van der Waals surface area (Å²) in [4.78, 5) is 2.02. The standard InChI is InChI=1S/C13H19N3O/c1-3-17-7-6-16(2)13-5-4-11(9-14)8-12(13)10-15/h4-5,8H,3,6-7,9,14H2,1-2H3. The first-order chi connectivity index (χ1) is 8.22.